The van der Waals surface area contributed by atoms with Crippen LogP contribution in [0.4, 0.5) is 17.2 Å². The van der Waals surface area contributed by atoms with E-state index in [1.54, 1.807) is 12.1 Å². The molecule has 0 spiro atoms. The number of para-hydroxylation sites is 1. The zero-order chi connectivity index (χ0) is 27.1. The van der Waals surface area contributed by atoms with Crippen LogP contribution in [-0.2, 0) is 4.74 Å². The molecule has 1 aromatic carbocycles. The van der Waals surface area contributed by atoms with Gasteiger partial charge < -0.3 is 25.4 Å². The largest absolute Gasteiger partial charge is 0.507 e. The van der Waals surface area contributed by atoms with Gasteiger partial charge in [0.15, 0.2) is 5.82 Å². The van der Waals surface area contributed by atoms with Crippen LogP contribution in [0, 0.1) is 23.7 Å². The number of fused-ring (bicyclic) bond motifs is 2. The number of anilines is 3. The number of piperazine rings is 1. The summed E-state index contributed by atoms with van der Waals surface area (Å²) in [6.45, 7) is 6.61. The molecule has 3 aromatic rings. The molecule has 4 saturated heterocycles. The number of hydrogen-bond acceptors (Lipinski definition) is 9. The van der Waals surface area contributed by atoms with E-state index in [4.69, 9.17) is 10.5 Å². The maximum Gasteiger partial charge on any atom is 0.169 e. The van der Waals surface area contributed by atoms with E-state index in [9.17, 15) is 5.11 Å². The minimum absolute atomic E-state index is 0.183. The third kappa shape index (κ3) is 4.82. The molecule has 7 rings (SSSR count). The van der Waals surface area contributed by atoms with Gasteiger partial charge in [-0.15, -0.1) is 10.2 Å². The fourth-order valence-electron chi connectivity index (χ4n) is 6.84. The lowest BCUT2D eigenvalue weighted by atomic mass is 9.85. The van der Waals surface area contributed by atoms with Crippen LogP contribution in [0.25, 0.3) is 11.3 Å². The Hall–Kier alpha value is -3.87. The van der Waals surface area contributed by atoms with Crippen LogP contribution in [0.15, 0.2) is 48.7 Å². The molecule has 40 heavy (non-hydrogen) atoms. The number of pyridine rings is 1. The molecule has 3 N–H and O–H groups in total. The molecule has 3 atom stereocenters. The molecular formula is C31H35N7O2. The summed E-state index contributed by atoms with van der Waals surface area (Å²) in [4.78, 5) is 11.8. The van der Waals surface area contributed by atoms with Gasteiger partial charge in [-0.25, -0.2) is 4.98 Å². The van der Waals surface area contributed by atoms with Crippen LogP contribution >= 0.6 is 0 Å². The van der Waals surface area contributed by atoms with E-state index in [1.807, 2.05) is 24.4 Å². The Morgan fingerprint density at radius 1 is 0.975 bits per heavy atom. The highest BCUT2D eigenvalue weighted by Gasteiger charge is 2.41. The monoisotopic (exact) mass is 537 g/mol. The van der Waals surface area contributed by atoms with Gasteiger partial charge in [-0.05, 0) is 67.4 Å². The van der Waals surface area contributed by atoms with Crippen molar-refractivity contribution in [2.24, 2.45) is 11.8 Å². The number of nitrogen functional groups attached to an aromatic ring is 1. The summed E-state index contributed by atoms with van der Waals surface area (Å²) in [6.07, 6.45) is 5.34. The van der Waals surface area contributed by atoms with E-state index < -0.39 is 0 Å². The second kappa shape index (κ2) is 10.6. The van der Waals surface area contributed by atoms with Crippen LogP contribution in [0.5, 0.6) is 5.75 Å². The summed E-state index contributed by atoms with van der Waals surface area (Å²) in [6, 6.07) is 14.1. The summed E-state index contributed by atoms with van der Waals surface area (Å²) >= 11 is 0. The smallest absolute Gasteiger partial charge is 0.169 e. The minimum Gasteiger partial charge on any atom is -0.507 e. The Bertz CT molecular complexity index is 1430. The average Bonchev–Trinajstić information content (AvgIpc) is 3.56. The number of nitrogens with zero attached hydrogens (tertiary/aromatic N) is 6. The number of benzene rings is 1. The number of likely N-dealkylation sites (tertiary alicyclic amines) is 1. The maximum atomic E-state index is 10.3. The van der Waals surface area contributed by atoms with E-state index in [-0.39, 0.29) is 5.75 Å². The van der Waals surface area contributed by atoms with Gasteiger partial charge >= 0.3 is 0 Å². The zero-order valence-electron chi connectivity index (χ0n) is 22.6. The highest BCUT2D eigenvalue weighted by Crippen LogP contribution is 2.39. The lowest BCUT2D eigenvalue weighted by Crippen LogP contribution is -2.54. The molecule has 4 aliphatic rings. The fourth-order valence-corrected chi connectivity index (χ4v) is 6.84. The topological polar surface area (TPSA) is 104 Å². The van der Waals surface area contributed by atoms with Crippen molar-refractivity contribution in [3.63, 3.8) is 0 Å². The molecule has 206 valence electrons. The molecule has 9 nitrogen and oxygen atoms in total. The van der Waals surface area contributed by atoms with Gasteiger partial charge in [-0.2, -0.15) is 0 Å². The van der Waals surface area contributed by atoms with Crippen molar-refractivity contribution in [3.8, 4) is 28.8 Å². The van der Waals surface area contributed by atoms with Crippen LogP contribution in [-0.4, -0.2) is 83.2 Å². The normalized spacial score (nSPS) is 24.6. The van der Waals surface area contributed by atoms with Crippen LogP contribution in [0.1, 0.15) is 25.0 Å². The van der Waals surface area contributed by atoms with Gasteiger partial charge in [0.1, 0.15) is 11.4 Å². The molecule has 9 heteroatoms. The predicted molar refractivity (Wildman–Crippen MR) is 155 cm³/mol. The second-order valence-corrected chi connectivity index (χ2v) is 11.5. The van der Waals surface area contributed by atoms with Crippen molar-refractivity contribution in [2.45, 2.75) is 31.3 Å². The number of nitrogens with two attached hydrogens (primary N) is 1. The quantitative estimate of drug-likeness (QED) is 0.476. The first-order valence-electron chi connectivity index (χ1n) is 14.3. The van der Waals surface area contributed by atoms with Crippen LogP contribution in [0.2, 0.25) is 0 Å². The second-order valence-electron chi connectivity index (χ2n) is 11.5. The van der Waals surface area contributed by atoms with Crippen molar-refractivity contribution >= 4 is 17.2 Å². The number of phenols is 1. The number of rotatable bonds is 5. The number of aromatic hydroxyl groups is 1. The Labute approximate surface area is 235 Å². The van der Waals surface area contributed by atoms with Crippen molar-refractivity contribution < 1.29 is 9.84 Å². The lowest BCUT2D eigenvalue weighted by molar-refractivity contribution is 0.0621. The third-order valence-electron chi connectivity index (χ3n) is 8.98. The molecule has 0 aliphatic carbocycles. The first-order valence-corrected chi connectivity index (χ1v) is 14.3. The average molecular weight is 538 g/mol. The number of hydrogen-bond donors (Lipinski definition) is 2. The van der Waals surface area contributed by atoms with E-state index in [0.29, 0.717) is 29.2 Å². The predicted octanol–water partition coefficient (Wildman–Crippen LogP) is 3.00. The van der Waals surface area contributed by atoms with E-state index in [1.165, 1.54) is 12.1 Å². The SMILES string of the molecule is Nc1nnc(-c2ccccc2O)cc1N1CC2CCC(C1)N2c1ccnc(C#CCN2CC(C3CCOC3)C2)c1. The van der Waals surface area contributed by atoms with Gasteiger partial charge in [-0.3, -0.25) is 4.90 Å². The summed E-state index contributed by atoms with van der Waals surface area (Å²) in [5, 5.41) is 18.8. The number of phenolic OH excluding ortho intramolecular Hbond substituents is 1. The van der Waals surface area contributed by atoms with E-state index >= 15 is 0 Å². The fraction of sp³-hybridized carbons (Fsp3) is 0.452. The first kappa shape index (κ1) is 25.1. The van der Waals surface area contributed by atoms with Crippen molar-refractivity contribution in [1.29, 1.82) is 0 Å². The van der Waals surface area contributed by atoms with Gasteiger partial charge in [0.2, 0.25) is 0 Å². The van der Waals surface area contributed by atoms with Gasteiger partial charge in [0.25, 0.3) is 0 Å². The summed E-state index contributed by atoms with van der Waals surface area (Å²) in [7, 11) is 0. The third-order valence-corrected chi connectivity index (χ3v) is 8.98. The Kier molecular flexibility index (Phi) is 6.66. The molecule has 2 aromatic heterocycles. The van der Waals surface area contributed by atoms with Gasteiger partial charge in [0, 0.05) is 68.9 Å². The lowest BCUT2D eigenvalue weighted by Gasteiger charge is -2.43. The Morgan fingerprint density at radius 3 is 2.58 bits per heavy atom. The van der Waals surface area contributed by atoms with Crippen molar-refractivity contribution in [1.82, 2.24) is 20.1 Å². The number of aromatic nitrogens is 3. The van der Waals surface area contributed by atoms with Gasteiger partial charge in [0.05, 0.1) is 17.9 Å². The highest BCUT2D eigenvalue weighted by molar-refractivity contribution is 5.74. The summed E-state index contributed by atoms with van der Waals surface area (Å²) in [5.74, 6) is 8.77. The van der Waals surface area contributed by atoms with Crippen LogP contribution < -0.4 is 15.5 Å². The number of ether oxygens (including phenoxy) is 1. The molecular weight excluding hydrogens is 502 g/mol. The van der Waals surface area contributed by atoms with Crippen LogP contribution in [0.3, 0.4) is 0 Å². The molecule has 4 aliphatic heterocycles. The van der Waals surface area contributed by atoms with Crippen molar-refractivity contribution in [3.05, 3.63) is 54.4 Å². The standard InChI is InChI=1S/C31H35N7O2/c32-31-29(15-28(34-35-31)27-5-1-2-6-30(27)39)37-18-25-7-8-26(19-37)38(25)24-9-11-33-23(14-24)4-3-12-36-16-22(17-36)21-10-13-40-20-21/h1-2,5-6,9,11,14-15,21-22,25-26,39H,7-8,10,12-13,16-20H2,(H2,32,35). The molecule has 6 heterocycles. The van der Waals surface area contributed by atoms with Gasteiger partial charge in [-0.1, -0.05) is 18.1 Å². The first-order chi connectivity index (χ1) is 19.6. The summed E-state index contributed by atoms with van der Waals surface area (Å²) in [5.41, 5.74) is 10.5. The molecule has 0 saturated carbocycles. The van der Waals surface area contributed by atoms with E-state index in [0.717, 1.165) is 82.0 Å². The Balaban J connectivity index is 1.02. The molecule has 0 radical (unpaired) electrons. The minimum atomic E-state index is 0.183. The molecule has 0 amide bonds. The van der Waals surface area contributed by atoms with Crippen molar-refractivity contribution in [2.75, 3.05) is 61.5 Å². The molecule has 3 unspecified atom stereocenters. The summed E-state index contributed by atoms with van der Waals surface area (Å²) < 4.78 is 5.55. The zero-order valence-corrected chi connectivity index (χ0v) is 22.6. The Morgan fingerprint density at radius 2 is 1.80 bits per heavy atom. The maximum absolute atomic E-state index is 10.3. The highest BCUT2D eigenvalue weighted by atomic mass is 16.5. The molecule has 2 bridgehead atoms. The molecule has 4 fully saturated rings. The van der Waals surface area contributed by atoms with E-state index in [2.05, 4.69) is 53.9 Å².